The molecular weight excluding hydrogens is 396 g/mol. The van der Waals surface area contributed by atoms with Gasteiger partial charge in [0.1, 0.15) is 17.1 Å². The van der Waals surface area contributed by atoms with Gasteiger partial charge in [0.15, 0.2) is 11.7 Å². The number of hydrogen-bond acceptors (Lipinski definition) is 10. The Labute approximate surface area is 150 Å². The van der Waals surface area contributed by atoms with Crippen molar-refractivity contribution in [3.05, 3.63) is 17.1 Å². The molecule has 12 nitrogen and oxygen atoms in total. The number of thiol groups is 1. The normalized spacial score (nSPS) is 24.8. The van der Waals surface area contributed by atoms with Gasteiger partial charge in [0, 0.05) is 5.75 Å². The molecule has 0 spiro atoms. The second-order valence-electron chi connectivity index (χ2n) is 5.26. The molecule has 0 aromatic carbocycles. The first-order valence-corrected chi connectivity index (χ1v) is 9.85. The largest absolute Gasteiger partial charge is 0.477 e. The molecule has 136 valence electrons. The second kappa shape index (κ2) is 6.24. The summed E-state index contributed by atoms with van der Waals surface area (Å²) in [4.78, 5) is 24.7. The van der Waals surface area contributed by atoms with Crippen molar-refractivity contribution in [2.75, 3.05) is 5.75 Å². The van der Waals surface area contributed by atoms with Crippen molar-refractivity contribution in [1.29, 1.82) is 0 Å². The number of tetrazole rings is 1. The number of aromatic nitrogens is 4. The molecule has 2 aliphatic heterocycles. The molecule has 1 aromatic rings. The second-order valence-corrected chi connectivity index (χ2v) is 8.31. The molecule has 1 amide bonds. The van der Waals surface area contributed by atoms with Crippen molar-refractivity contribution < 1.29 is 27.7 Å². The minimum Gasteiger partial charge on any atom is -0.477 e. The lowest BCUT2D eigenvalue weighted by molar-refractivity contribution is -0.148. The van der Waals surface area contributed by atoms with Crippen LogP contribution in [0.4, 0.5) is 0 Å². The molecule has 0 bridgehead atoms. The predicted octanol–water partition coefficient (Wildman–Crippen LogP) is -1.93. The molecule has 0 aliphatic carbocycles. The zero-order valence-corrected chi connectivity index (χ0v) is 14.8. The van der Waals surface area contributed by atoms with Crippen molar-refractivity contribution in [2.45, 2.75) is 22.5 Å². The third kappa shape index (κ3) is 3.12. The summed E-state index contributed by atoms with van der Waals surface area (Å²) >= 11 is 5.57. The van der Waals surface area contributed by atoms with E-state index in [4.69, 9.17) is 10.3 Å². The fourth-order valence-corrected chi connectivity index (χ4v) is 4.91. The fourth-order valence-electron chi connectivity index (χ4n) is 2.56. The minimum absolute atomic E-state index is 0.0778. The molecule has 3 atom stereocenters. The number of hydrogen-bond donors (Lipinski definition) is 4. The summed E-state index contributed by atoms with van der Waals surface area (Å²) in [6, 6.07) is -0.774. The average molecular weight is 408 g/mol. The number of fused-ring (bicyclic) bond motifs is 1. The van der Waals surface area contributed by atoms with Gasteiger partial charge < -0.3 is 10.8 Å². The molecule has 4 N–H and O–H groups in total. The number of nitrogens with zero attached hydrogens (tertiary/aromatic N) is 5. The lowest BCUT2D eigenvalue weighted by Crippen LogP contribution is -2.68. The van der Waals surface area contributed by atoms with Crippen LogP contribution in [-0.2, 0) is 25.6 Å². The first kappa shape index (κ1) is 18.1. The molecule has 0 radical (unpaired) electrons. The standard InChI is InChI=1S/C10H12N6O6S3/c11-4-8(17)16-5(10(18)19)3(1-24-9(4)16)6(23)7-12-13-14-15(7)2-25(20,21)22/h4,6,9,23H,1-2,11H2,(H,18,19)(H,20,21,22). The first-order valence-electron chi connectivity index (χ1n) is 6.67. The maximum atomic E-state index is 11.9. The zero-order valence-electron chi connectivity index (χ0n) is 12.3. The first-order chi connectivity index (χ1) is 11.6. The van der Waals surface area contributed by atoms with E-state index in [1.54, 1.807) is 0 Å². The molecule has 1 saturated heterocycles. The van der Waals surface area contributed by atoms with Gasteiger partial charge in [-0.2, -0.15) is 21.0 Å². The van der Waals surface area contributed by atoms with Crippen LogP contribution in [0.15, 0.2) is 11.3 Å². The molecule has 3 unspecified atom stereocenters. The minimum atomic E-state index is -4.42. The van der Waals surface area contributed by atoms with E-state index in [0.717, 1.165) is 9.58 Å². The summed E-state index contributed by atoms with van der Waals surface area (Å²) in [5.41, 5.74) is 5.63. The molecular formula is C10H12N6O6S3. The van der Waals surface area contributed by atoms with E-state index in [1.165, 1.54) is 11.8 Å². The van der Waals surface area contributed by atoms with Gasteiger partial charge in [0.2, 0.25) is 5.91 Å². The summed E-state index contributed by atoms with van der Waals surface area (Å²) in [6.45, 7) is 0. The van der Waals surface area contributed by atoms with Gasteiger partial charge in [0.25, 0.3) is 10.1 Å². The third-order valence-electron chi connectivity index (χ3n) is 3.66. The lowest BCUT2D eigenvalue weighted by Gasteiger charge is -2.48. The molecule has 0 saturated carbocycles. The Hall–Kier alpha value is -1.68. The van der Waals surface area contributed by atoms with Gasteiger partial charge in [-0.25, -0.2) is 9.48 Å². The summed E-state index contributed by atoms with van der Waals surface area (Å²) in [6.07, 6.45) is 0. The van der Waals surface area contributed by atoms with Crippen LogP contribution in [0.2, 0.25) is 0 Å². The highest BCUT2D eigenvalue weighted by atomic mass is 32.2. The Kier molecular flexibility index (Phi) is 4.52. The highest BCUT2D eigenvalue weighted by Crippen LogP contribution is 2.44. The quantitative estimate of drug-likeness (QED) is 0.242. The zero-order chi connectivity index (χ0) is 18.5. The van der Waals surface area contributed by atoms with Crippen LogP contribution in [-0.4, -0.2) is 72.2 Å². The smallest absolute Gasteiger partial charge is 0.352 e. The van der Waals surface area contributed by atoms with E-state index in [2.05, 4.69) is 28.2 Å². The summed E-state index contributed by atoms with van der Waals surface area (Å²) < 4.78 is 31.8. The van der Waals surface area contributed by atoms with Crippen molar-refractivity contribution in [2.24, 2.45) is 5.73 Å². The number of carboxylic acids is 1. The number of thioether (sulfide) groups is 1. The van der Waals surface area contributed by atoms with Crippen LogP contribution >= 0.6 is 24.4 Å². The summed E-state index contributed by atoms with van der Waals surface area (Å²) in [5.74, 6) is -2.66. The molecule has 2 aliphatic rings. The number of carboxylic acid groups (broad SMARTS) is 1. The molecule has 15 heteroatoms. The number of aliphatic carboxylic acids is 1. The van der Waals surface area contributed by atoms with Gasteiger partial charge >= 0.3 is 5.97 Å². The monoisotopic (exact) mass is 408 g/mol. The molecule has 3 heterocycles. The van der Waals surface area contributed by atoms with Gasteiger partial charge in [-0.1, -0.05) is 0 Å². The van der Waals surface area contributed by atoms with Crippen molar-refractivity contribution in [1.82, 2.24) is 25.1 Å². The van der Waals surface area contributed by atoms with E-state index in [0.29, 0.717) is 0 Å². The Bertz CT molecular complexity index is 881. The molecule has 25 heavy (non-hydrogen) atoms. The summed E-state index contributed by atoms with van der Waals surface area (Å²) in [5, 5.41) is 18.5. The maximum absolute atomic E-state index is 11.9. The van der Waals surface area contributed by atoms with E-state index < -0.39 is 44.5 Å². The highest BCUT2D eigenvalue weighted by Gasteiger charge is 2.52. The number of carbonyl (C=O) groups excluding carboxylic acids is 1. The SMILES string of the molecule is NC1C(=O)N2C(C(=O)O)=C(C(S)c3nnnn3CS(=O)(=O)O)CSC12. The van der Waals surface area contributed by atoms with Crippen LogP contribution in [0, 0.1) is 0 Å². The van der Waals surface area contributed by atoms with Gasteiger partial charge in [-0.15, -0.1) is 16.9 Å². The average Bonchev–Trinajstić information content (AvgIpc) is 2.97. The third-order valence-corrected chi connectivity index (χ3v) is 6.10. The molecule has 1 aromatic heterocycles. The summed E-state index contributed by atoms with van der Waals surface area (Å²) in [7, 11) is -4.42. The number of carbonyl (C=O) groups is 2. The van der Waals surface area contributed by atoms with E-state index in [1.807, 2.05) is 0 Å². The van der Waals surface area contributed by atoms with Crippen LogP contribution in [0.5, 0.6) is 0 Å². The fraction of sp³-hybridized carbons (Fsp3) is 0.500. The number of amides is 1. The highest BCUT2D eigenvalue weighted by molar-refractivity contribution is 8.00. The van der Waals surface area contributed by atoms with Crippen molar-refractivity contribution in [3.63, 3.8) is 0 Å². The van der Waals surface area contributed by atoms with Crippen LogP contribution < -0.4 is 5.73 Å². The van der Waals surface area contributed by atoms with Crippen molar-refractivity contribution in [3.8, 4) is 0 Å². The topological polar surface area (TPSA) is 182 Å². The number of nitrogens with two attached hydrogens (primary N) is 1. The van der Waals surface area contributed by atoms with Crippen molar-refractivity contribution >= 4 is 46.4 Å². The van der Waals surface area contributed by atoms with Crippen LogP contribution in [0.1, 0.15) is 11.1 Å². The Balaban J connectivity index is 2.01. The van der Waals surface area contributed by atoms with E-state index in [-0.39, 0.29) is 22.8 Å². The van der Waals surface area contributed by atoms with Gasteiger partial charge in [-0.05, 0) is 16.0 Å². The molecule has 3 rings (SSSR count). The Morgan fingerprint density at radius 3 is 2.80 bits per heavy atom. The lowest BCUT2D eigenvalue weighted by atomic mass is 10.0. The van der Waals surface area contributed by atoms with E-state index >= 15 is 0 Å². The maximum Gasteiger partial charge on any atom is 0.352 e. The Morgan fingerprint density at radius 1 is 1.52 bits per heavy atom. The van der Waals surface area contributed by atoms with Crippen LogP contribution in [0.25, 0.3) is 0 Å². The van der Waals surface area contributed by atoms with Gasteiger partial charge in [-0.3, -0.25) is 14.2 Å². The Morgan fingerprint density at radius 2 is 2.20 bits per heavy atom. The van der Waals surface area contributed by atoms with Gasteiger partial charge in [0.05, 0.1) is 5.25 Å². The predicted molar refractivity (Wildman–Crippen MR) is 86.8 cm³/mol. The number of β-lactam (4-membered cyclic amide) rings is 1. The van der Waals surface area contributed by atoms with Crippen LogP contribution in [0.3, 0.4) is 0 Å². The number of rotatable bonds is 5. The molecule has 1 fully saturated rings. The van der Waals surface area contributed by atoms with E-state index in [9.17, 15) is 23.1 Å².